The van der Waals surface area contributed by atoms with Crippen molar-refractivity contribution < 1.29 is 52.7 Å². The molecule has 2 aromatic rings. The number of carbonyl (C=O) groups excluding carboxylic acids is 1. The summed E-state index contributed by atoms with van der Waals surface area (Å²) >= 11 is 0. The van der Waals surface area contributed by atoms with Gasteiger partial charge in [0.25, 0.3) is 0 Å². The van der Waals surface area contributed by atoms with E-state index in [4.69, 9.17) is 4.74 Å². The summed E-state index contributed by atoms with van der Waals surface area (Å²) in [5.41, 5.74) is -0.118. The van der Waals surface area contributed by atoms with Gasteiger partial charge in [0, 0.05) is 10.9 Å². The highest BCUT2D eigenvalue weighted by molar-refractivity contribution is 8.40. The van der Waals surface area contributed by atoms with Crippen LogP contribution in [-0.2, 0) is 20.0 Å². The third-order valence-electron chi connectivity index (χ3n) is 5.06. The molecule has 0 saturated carbocycles. The van der Waals surface area contributed by atoms with Crippen LogP contribution in [0.1, 0.15) is 10.4 Å². The van der Waals surface area contributed by atoms with E-state index in [1.54, 1.807) is 12.1 Å². The molecule has 3 rings (SSSR count). The zero-order chi connectivity index (χ0) is 26.1. The Morgan fingerprint density at radius 3 is 1.82 bits per heavy atom. The van der Waals surface area contributed by atoms with Crippen molar-refractivity contribution >= 4 is 46.8 Å². The Bertz CT molecular complexity index is 1340. The molecule has 0 amide bonds. The number of sulfonamides is 2. The van der Waals surface area contributed by atoms with Gasteiger partial charge in [-0.25, -0.2) is 16.8 Å². The van der Waals surface area contributed by atoms with E-state index in [9.17, 15) is 48.0 Å². The lowest BCUT2D eigenvalue weighted by Gasteiger charge is -2.48. The topological polar surface area (TPSA) is 97.8 Å². The van der Waals surface area contributed by atoms with Crippen LogP contribution in [0.3, 0.4) is 0 Å². The first-order valence-corrected chi connectivity index (χ1v) is 14.5. The number of ether oxygens (including phenoxy) is 1. The van der Waals surface area contributed by atoms with Gasteiger partial charge in [0.15, 0.2) is 5.78 Å². The number of nitrogens with zero attached hydrogens (tertiary/aromatic N) is 1. The van der Waals surface area contributed by atoms with Gasteiger partial charge in [-0.2, -0.15) is 36.6 Å². The molecule has 7 nitrogen and oxygen atoms in total. The van der Waals surface area contributed by atoms with E-state index in [2.05, 4.69) is 0 Å². The predicted molar refractivity (Wildman–Crippen MR) is 114 cm³/mol. The highest BCUT2D eigenvalue weighted by atomic mass is 32.4. The van der Waals surface area contributed by atoms with Crippen molar-refractivity contribution in [3.63, 3.8) is 0 Å². The minimum absolute atomic E-state index is 0.118. The van der Waals surface area contributed by atoms with E-state index in [0.717, 1.165) is 0 Å². The zero-order valence-electron chi connectivity index (χ0n) is 17.6. The molecular formula is C18H17F6NO6S3. The number of alkyl halides is 6. The number of ketones is 1. The first-order valence-electron chi connectivity index (χ1n) is 9.02. The Labute approximate surface area is 192 Å². The van der Waals surface area contributed by atoms with Gasteiger partial charge < -0.3 is 4.74 Å². The summed E-state index contributed by atoms with van der Waals surface area (Å²) in [4.78, 5) is 13.0. The van der Waals surface area contributed by atoms with Crippen molar-refractivity contribution in [1.29, 1.82) is 0 Å². The predicted octanol–water partition coefficient (Wildman–Crippen LogP) is 3.81. The molecule has 1 heterocycles. The summed E-state index contributed by atoms with van der Waals surface area (Å²) in [5, 5.41) is -12.3. The molecule has 1 fully saturated rings. The van der Waals surface area contributed by atoms with Crippen LogP contribution in [0.2, 0.25) is 0 Å². The SMILES string of the molecule is COc1ccc(C(=O)CS(C)(C)N2S(=O)(=O)C(F)(F)C(F)(F)C(F)(F)S2(=O)=O)c2ccccc12. The van der Waals surface area contributed by atoms with Crippen molar-refractivity contribution in [2.75, 3.05) is 25.4 Å². The molecule has 190 valence electrons. The summed E-state index contributed by atoms with van der Waals surface area (Å²) < 4.78 is 137. The van der Waals surface area contributed by atoms with Gasteiger partial charge in [0.2, 0.25) is 0 Å². The summed E-state index contributed by atoms with van der Waals surface area (Å²) in [5.74, 6) is -8.55. The monoisotopic (exact) mass is 553 g/mol. The van der Waals surface area contributed by atoms with Gasteiger partial charge in [-0.1, -0.05) is 24.3 Å². The van der Waals surface area contributed by atoms with Gasteiger partial charge in [0.1, 0.15) is 5.75 Å². The van der Waals surface area contributed by atoms with Crippen LogP contribution in [0, 0.1) is 0 Å². The third-order valence-corrected chi connectivity index (χ3v) is 14.2. The van der Waals surface area contributed by atoms with Crippen LogP contribution >= 0.6 is 10.2 Å². The summed E-state index contributed by atoms with van der Waals surface area (Å²) in [6, 6.07) is 8.74. The Hall–Kier alpha value is -2.04. The number of methoxy groups -OCH3 is 1. The van der Waals surface area contributed by atoms with Crippen molar-refractivity contribution in [1.82, 2.24) is 3.12 Å². The lowest BCUT2D eigenvalue weighted by atomic mass is 10.0. The van der Waals surface area contributed by atoms with Crippen molar-refractivity contribution in [3.8, 4) is 5.75 Å². The fourth-order valence-corrected chi connectivity index (χ4v) is 12.5. The first-order chi connectivity index (χ1) is 15.3. The molecule has 0 aliphatic carbocycles. The molecule has 1 aliphatic heterocycles. The lowest BCUT2D eigenvalue weighted by molar-refractivity contribution is -0.248. The number of Topliss-reactive ketones (excluding diaryl/α,β-unsaturated/α-hetero) is 1. The molecule has 0 spiro atoms. The van der Waals surface area contributed by atoms with Gasteiger partial charge in [-0.05, 0) is 33.1 Å². The minimum Gasteiger partial charge on any atom is -0.496 e. The zero-order valence-corrected chi connectivity index (χ0v) is 20.0. The van der Waals surface area contributed by atoms with E-state index < -0.39 is 61.3 Å². The maximum absolute atomic E-state index is 14.1. The van der Waals surface area contributed by atoms with Crippen molar-refractivity contribution in [2.45, 2.75) is 16.4 Å². The molecule has 1 saturated heterocycles. The average Bonchev–Trinajstić information content (AvgIpc) is 2.70. The van der Waals surface area contributed by atoms with E-state index in [1.165, 1.54) is 31.4 Å². The smallest absolute Gasteiger partial charge is 0.430 e. The van der Waals surface area contributed by atoms with E-state index in [1.807, 2.05) is 0 Å². The second kappa shape index (κ2) is 7.73. The standard InChI is InChI=1S/C18H17F6NO6S3/c1-31-15-9-8-12(11-6-4-5-7-13(11)15)14(26)10-32(2,3)25-33(27,28)17(21,22)16(19,20)18(23,24)34(25,29)30/h4-9H,10H2,1-3H3. The third kappa shape index (κ3) is 3.32. The summed E-state index contributed by atoms with van der Waals surface area (Å²) in [6.07, 6.45) is 1.34. The average molecular weight is 554 g/mol. The fraction of sp³-hybridized carbons (Fsp3) is 0.389. The molecule has 0 bridgehead atoms. The number of hydrogen-bond acceptors (Lipinski definition) is 6. The second-order valence-corrected chi connectivity index (χ2v) is 15.7. The Kier molecular flexibility index (Phi) is 6.04. The normalized spacial score (nSPS) is 23.3. The van der Waals surface area contributed by atoms with Gasteiger partial charge in [-0.3, -0.25) is 4.79 Å². The minimum atomic E-state index is -6.88. The molecule has 0 atom stereocenters. The molecule has 1 aliphatic rings. The van der Waals surface area contributed by atoms with Crippen LogP contribution in [0.15, 0.2) is 36.4 Å². The van der Waals surface area contributed by atoms with Gasteiger partial charge >= 0.3 is 36.5 Å². The quantitative estimate of drug-likeness (QED) is 0.413. The highest BCUT2D eigenvalue weighted by Crippen LogP contribution is 2.64. The molecule has 2 aromatic carbocycles. The van der Waals surface area contributed by atoms with Gasteiger partial charge in [-0.15, -0.1) is 0 Å². The van der Waals surface area contributed by atoms with Gasteiger partial charge in [0.05, 0.1) is 12.9 Å². The molecule has 0 aromatic heterocycles. The van der Waals surface area contributed by atoms with E-state index in [-0.39, 0.29) is 10.9 Å². The summed E-state index contributed by atoms with van der Waals surface area (Å²) in [7, 11) is -16.4. The number of hydrogen-bond donors (Lipinski definition) is 0. The number of halogens is 6. The number of benzene rings is 2. The van der Waals surface area contributed by atoms with Crippen molar-refractivity contribution in [2.24, 2.45) is 0 Å². The fourth-order valence-electron chi connectivity index (χ4n) is 3.48. The number of carbonyl (C=O) groups is 1. The number of rotatable bonds is 5. The molecular weight excluding hydrogens is 536 g/mol. The first kappa shape index (κ1) is 26.6. The highest BCUT2D eigenvalue weighted by Gasteiger charge is 2.89. The molecule has 0 radical (unpaired) electrons. The Morgan fingerprint density at radius 1 is 0.882 bits per heavy atom. The van der Waals surface area contributed by atoms with Crippen LogP contribution in [0.4, 0.5) is 26.3 Å². The molecule has 34 heavy (non-hydrogen) atoms. The van der Waals surface area contributed by atoms with E-state index >= 15 is 0 Å². The molecule has 16 heteroatoms. The maximum Gasteiger partial charge on any atom is 0.430 e. The van der Waals surface area contributed by atoms with Crippen LogP contribution in [0.25, 0.3) is 10.8 Å². The van der Waals surface area contributed by atoms with Crippen LogP contribution in [0.5, 0.6) is 5.75 Å². The molecule has 0 N–H and O–H groups in total. The number of fused-ring (bicyclic) bond motifs is 1. The van der Waals surface area contributed by atoms with Crippen LogP contribution in [-0.4, -0.2) is 67.5 Å². The molecule has 0 unspecified atom stereocenters. The lowest BCUT2D eigenvalue weighted by Crippen LogP contribution is -2.71. The Balaban J connectivity index is 2.16. The van der Waals surface area contributed by atoms with E-state index in [0.29, 0.717) is 23.6 Å². The largest absolute Gasteiger partial charge is 0.496 e. The van der Waals surface area contributed by atoms with Crippen molar-refractivity contribution in [3.05, 3.63) is 42.0 Å². The maximum atomic E-state index is 14.1. The van der Waals surface area contributed by atoms with Crippen LogP contribution < -0.4 is 4.74 Å². The second-order valence-electron chi connectivity index (χ2n) is 7.69. The summed E-state index contributed by atoms with van der Waals surface area (Å²) in [6.45, 7) is 0. The Morgan fingerprint density at radius 2 is 1.35 bits per heavy atom.